The lowest BCUT2D eigenvalue weighted by atomic mass is 10.1. The van der Waals surface area contributed by atoms with Crippen molar-refractivity contribution in [3.8, 4) is 0 Å². The monoisotopic (exact) mass is 282 g/mol. The molecule has 0 atom stereocenters. The van der Waals surface area contributed by atoms with Gasteiger partial charge >= 0.3 is 0 Å². The van der Waals surface area contributed by atoms with Gasteiger partial charge in [-0.15, -0.1) is 0 Å². The standard InChI is InChI=1S/C17H22N4/c1-2-7-18-14-15-4-5-16-6-10-20(17(16)13-15)11-12-21-9-3-8-19-21/h3-6,8-10,13,18H,2,7,11-12,14H2,1H3. The van der Waals surface area contributed by atoms with E-state index in [2.05, 4.69) is 52.4 Å². The average molecular weight is 282 g/mol. The summed E-state index contributed by atoms with van der Waals surface area (Å²) >= 11 is 0. The first-order valence-corrected chi connectivity index (χ1v) is 7.63. The number of benzene rings is 1. The zero-order valence-corrected chi connectivity index (χ0v) is 12.5. The van der Waals surface area contributed by atoms with Crippen molar-refractivity contribution in [3.05, 3.63) is 54.5 Å². The quantitative estimate of drug-likeness (QED) is 0.676. The van der Waals surface area contributed by atoms with Gasteiger partial charge in [0.2, 0.25) is 0 Å². The molecular weight excluding hydrogens is 260 g/mol. The first-order chi connectivity index (χ1) is 10.4. The molecule has 2 heterocycles. The maximum Gasteiger partial charge on any atom is 0.0588 e. The molecular formula is C17H22N4. The van der Waals surface area contributed by atoms with Crippen molar-refractivity contribution in [1.82, 2.24) is 19.7 Å². The number of nitrogens with one attached hydrogen (secondary N) is 1. The average Bonchev–Trinajstić information content (AvgIpc) is 3.14. The summed E-state index contributed by atoms with van der Waals surface area (Å²) in [4.78, 5) is 0. The smallest absolute Gasteiger partial charge is 0.0588 e. The van der Waals surface area contributed by atoms with E-state index in [0.717, 1.165) is 26.2 Å². The fraction of sp³-hybridized carbons (Fsp3) is 0.353. The highest BCUT2D eigenvalue weighted by Gasteiger charge is 2.03. The van der Waals surface area contributed by atoms with Gasteiger partial charge in [0.25, 0.3) is 0 Å². The normalized spacial score (nSPS) is 11.3. The number of hydrogen-bond donors (Lipinski definition) is 1. The van der Waals surface area contributed by atoms with Gasteiger partial charge in [0.15, 0.2) is 0 Å². The lowest BCUT2D eigenvalue weighted by Gasteiger charge is -2.08. The van der Waals surface area contributed by atoms with Crippen LogP contribution in [-0.4, -0.2) is 20.9 Å². The van der Waals surface area contributed by atoms with E-state index in [4.69, 9.17) is 0 Å². The summed E-state index contributed by atoms with van der Waals surface area (Å²) in [6, 6.07) is 10.9. The molecule has 4 nitrogen and oxygen atoms in total. The van der Waals surface area contributed by atoms with E-state index in [0.29, 0.717) is 0 Å². The number of nitrogens with zero attached hydrogens (tertiary/aromatic N) is 3. The molecule has 1 N–H and O–H groups in total. The van der Waals surface area contributed by atoms with E-state index in [1.54, 1.807) is 0 Å². The molecule has 0 aliphatic heterocycles. The molecule has 3 rings (SSSR count). The number of aryl methyl sites for hydroxylation is 2. The molecule has 0 bridgehead atoms. The Morgan fingerprint density at radius 1 is 1.14 bits per heavy atom. The van der Waals surface area contributed by atoms with Gasteiger partial charge in [-0.05, 0) is 42.1 Å². The summed E-state index contributed by atoms with van der Waals surface area (Å²) in [5.41, 5.74) is 2.65. The Balaban J connectivity index is 1.74. The minimum Gasteiger partial charge on any atom is -0.346 e. The number of rotatable bonds is 7. The van der Waals surface area contributed by atoms with Gasteiger partial charge in [-0.25, -0.2) is 0 Å². The van der Waals surface area contributed by atoms with Crippen molar-refractivity contribution in [2.45, 2.75) is 33.0 Å². The highest BCUT2D eigenvalue weighted by Crippen LogP contribution is 2.18. The van der Waals surface area contributed by atoms with Gasteiger partial charge in [0.05, 0.1) is 6.54 Å². The first-order valence-electron chi connectivity index (χ1n) is 7.63. The fourth-order valence-corrected chi connectivity index (χ4v) is 2.59. The van der Waals surface area contributed by atoms with E-state index >= 15 is 0 Å². The topological polar surface area (TPSA) is 34.8 Å². The third kappa shape index (κ3) is 3.34. The van der Waals surface area contributed by atoms with Crippen LogP contribution < -0.4 is 5.32 Å². The highest BCUT2D eigenvalue weighted by molar-refractivity contribution is 5.80. The number of hydrogen-bond acceptors (Lipinski definition) is 2. The highest BCUT2D eigenvalue weighted by atomic mass is 15.3. The Labute approximate surface area is 125 Å². The van der Waals surface area contributed by atoms with Gasteiger partial charge < -0.3 is 9.88 Å². The van der Waals surface area contributed by atoms with Gasteiger partial charge in [0, 0.05) is 37.2 Å². The predicted octanol–water partition coefficient (Wildman–Crippen LogP) is 3.04. The van der Waals surface area contributed by atoms with Crippen LogP contribution in [0.4, 0.5) is 0 Å². The molecule has 3 aromatic rings. The molecule has 0 radical (unpaired) electrons. The summed E-state index contributed by atoms with van der Waals surface area (Å²) in [6.07, 6.45) is 7.16. The van der Waals surface area contributed by atoms with Crippen molar-refractivity contribution in [2.75, 3.05) is 6.54 Å². The zero-order valence-electron chi connectivity index (χ0n) is 12.5. The van der Waals surface area contributed by atoms with Crippen molar-refractivity contribution < 1.29 is 0 Å². The molecule has 0 spiro atoms. The van der Waals surface area contributed by atoms with Crippen molar-refractivity contribution >= 4 is 10.9 Å². The Morgan fingerprint density at radius 2 is 2.10 bits per heavy atom. The van der Waals surface area contributed by atoms with Gasteiger partial charge in [-0.2, -0.15) is 5.10 Å². The van der Waals surface area contributed by atoms with Crippen LogP contribution in [0.5, 0.6) is 0 Å². The maximum atomic E-state index is 4.26. The summed E-state index contributed by atoms with van der Waals surface area (Å²) in [7, 11) is 0. The summed E-state index contributed by atoms with van der Waals surface area (Å²) < 4.78 is 4.28. The molecule has 0 amide bonds. The lowest BCUT2D eigenvalue weighted by molar-refractivity contribution is 0.543. The van der Waals surface area contributed by atoms with Crippen molar-refractivity contribution in [2.24, 2.45) is 0 Å². The van der Waals surface area contributed by atoms with Crippen LogP contribution in [0.2, 0.25) is 0 Å². The minimum absolute atomic E-state index is 0.898. The van der Waals surface area contributed by atoms with Crippen LogP contribution in [0, 0.1) is 0 Å². The second-order valence-corrected chi connectivity index (χ2v) is 5.35. The van der Waals surface area contributed by atoms with Gasteiger partial charge in [-0.1, -0.05) is 19.1 Å². The Kier molecular flexibility index (Phi) is 4.36. The van der Waals surface area contributed by atoms with E-state index in [1.807, 2.05) is 23.1 Å². The Morgan fingerprint density at radius 3 is 2.90 bits per heavy atom. The Bertz CT molecular complexity index is 682. The molecule has 0 fully saturated rings. The minimum atomic E-state index is 0.898. The summed E-state index contributed by atoms with van der Waals surface area (Å²) in [5, 5.41) is 9.02. The lowest BCUT2D eigenvalue weighted by Crippen LogP contribution is -2.13. The predicted molar refractivity (Wildman–Crippen MR) is 86.2 cm³/mol. The third-order valence-corrected chi connectivity index (χ3v) is 3.72. The van der Waals surface area contributed by atoms with Crippen LogP contribution in [0.25, 0.3) is 10.9 Å². The molecule has 110 valence electrons. The van der Waals surface area contributed by atoms with E-state index in [-0.39, 0.29) is 0 Å². The maximum absolute atomic E-state index is 4.26. The Hall–Kier alpha value is -2.07. The van der Waals surface area contributed by atoms with E-state index < -0.39 is 0 Å². The van der Waals surface area contributed by atoms with Crippen LogP contribution in [0.3, 0.4) is 0 Å². The molecule has 0 saturated heterocycles. The van der Waals surface area contributed by atoms with E-state index in [1.165, 1.54) is 22.9 Å². The molecule has 0 saturated carbocycles. The second-order valence-electron chi connectivity index (χ2n) is 5.35. The molecule has 0 aliphatic carbocycles. The molecule has 0 aliphatic rings. The number of aromatic nitrogens is 3. The molecule has 21 heavy (non-hydrogen) atoms. The molecule has 1 aromatic carbocycles. The third-order valence-electron chi connectivity index (χ3n) is 3.72. The number of fused-ring (bicyclic) bond motifs is 1. The molecule has 0 unspecified atom stereocenters. The van der Waals surface area contributed by atoms with Crippen LogP contribution in [-0.2, 0) is 19.6 Å². The van der Waals surface area contributed by atoms with Crippen molar-refractivity contribution in [3.63, 3.8) is 0 Å². The van der Waals surface area contributed by atoms with Crippen LogP contribution in [0.15, 0.2) is 48.9 Å². The second kappa shape index (κ2) is 6.59. The van der Waals surface area contributed by atoms with E-state index in [9.17, 15) is 0 Å². The van der Waals surface area contributed by atoms with Gasteiger partial charge in [-0.3, -0.25) is 4.68 Å². The summed E-state index contributed by atoms with van der Waals surface area (Å²) in [5.74, 6) is 0. The summed E-state index contributed by atoms with van der Waals surface area (Å²) in [6.45, 7) is 6.04. The van der Waals surface area contributed by atoms with Gasteiger partial charge in [0.1, 0.15) is 0 Å². The zero-order chi connectivity index (χ0) is 14.5. The largest absolute Gasteiger partial charge is 0.346 e. The molecule has 2 aromatic heterocycles. The van der Waals surface area contributed by atoms with Crippen LogP contribution in [0.1, 0.15) is 18.9 Å². The van der Waals surface area contributed by atoms with Crippen molar-refractivity contribution in [1.29, 1.82) is 0 Å². The van der Waals surface area contributed by atoms with Crippen LogP contribution >= 0.6 is 0 Å². The fourth-order valence-electron chi connectivity index (χ4n) is 2.59. The SMILES string of the molecule is CCCNCc1ccc2ccn(CCn3cccn3)c2c1. The first kappa shape index (κ1) is 13.9. The molecule has 4 heteroatoms.